The fraction of sp³-hybridized carbons (Fsp3) is 0.375. The third-order valence-electron chi connectivity index (χ3n) is 4.18. The quantitative estimate of drug-likeness (QED) is 0.907. The first-order chi connectivity index (χ1) is 11.4. The Balaban J connectivity index is 1.63. The highest BCUT2D eigenvalue weighted by Crippen LogP contribution is 2.22. The van der Waals surface area contributed by atoms with Crippen molar-refractivity contribution in [2.75, 3.05) is 24.7 Å². The minimum Gasteiger partial charge on any atom is -0.326 e. The molecule has 2 heterocycles. The summed E-state index contributed by atoms with van der Waals surface area (Å²) in [7, 11) is -3.17. The summed E-state index contributed by atoms with van der Waals surface area (Å²) in [5.74, 6) is -0.239. The van der Waals surface area contributed by atoms with E-state index in [1.807, 2.05) is 36.5 Å². The maximum absolute atomic E-state index is 12.4. The highest BCUT2D eigenvalue weighted by molar-refractivity contribution is 7.88. The third-order valence-corrected chi connectivity index (χ3v) is 5.48. The number of hydrogen-bond donors (Lipinski definition) is 1. The minimum atomic E-state index is -3.17. The molecule has 1 N–H and O–H groups in total. The normalized spacial score (nSPS) is 16.9. The molecule has 1 fully saturated rings. The zero-order valence-corrected chi connectivity index (χ0v) is 14.2. The number of benzene rings is 1. The summed E-state index contributed by atoms with van der Waals surface area (Å²) in [5, 5.41) is 7.09. The van der Waals surface area contributed by atoms with Crippen molar-refractivity contribution in [3.8, 4) is 5.69 Å². The Hall–Kier alpha value is -2.19. The SMILES string of the molecule is CS(=O)(=O)N1CCC(C(=O)Nc2cccc(-n3cccn3)c2)CC1. The van der Waals surface area contributed by atoms with Crippen LogP contribution in [0.4, 0.5) is 5.69 Å². The molecule has 0 bridgehead atoms. The van der Waals surface area contributed by atoms with E-state index < -0.39 is 10.0 Å². The molecule has 3 rings (SSSR count). The lowest BCUT2D eigenvalue weighted by atomic mass is 9.97. The molecule has 0 unspecified atom stereocenters. The number of amides is 1. The van der Waals surface area contributed by atoms with Crippen LogP contribution in [-0.2, 0) is 14.8 Å². The topological polar surface area (TPSA) is 84.3 Å². The average molecular weight is 348 g/mol. The molecule has 1 amide bonds. The number of piperidine rings is 1. The van der Waals surface area contributed by atoms with Crippen molar-refractivity contribution in [1.29, 1.82) is 0 Å². The molecule has 0 radical (unpaired) electrons. The van der Waals surface area contributed by atoms with Gasteiger partial charge in [-0.3, -0.25) is 4.79 Å². The predicted octanol–water partition coefficient (Wildman–Crippen LogP) is 1.48. The van der Waals surface area contributed by atoms with Crippen LogP contribution in [0.5, 0.6) is 0 Å². The molecular weight excluding hydrogens is 328 g/mol. The van der Waals surface area contributed by atoms with Crippen molar-refractivity contribution < 1.29 is 13.2 Å². The monoisotopic (exact) mass is 348 g/mol. The van der Waals surface area contributed by atoms with Gasteiger partial charge in [0.05, 0.1) is 11.9 Å². The highest BCUT2D eigenvalue weighted by Gasteiger charge is 2.28. The maximum atomic E-state index is 12.4. The van der Waals surface area contributed by atoms with Gasteiger partial charge in [-0.25, -0.2) is 17.4 Å². The predicted molar refractivity (Wildman–Crippen MR) is 91.3 cm³/mol. The van der Waals surface area contributed by atoms with Crippen molar-refractivity contribution in [3.63, 3.8) is 0 Å². The number of nitrogens with zero attached hydrogens (tertiary/aromatic N) is 3. The zero-order chi connectivity index (χ0) is 17.2. The summed E-state index contributed by atoms with van der Waals surface area (Å²) in [6, 6.07) is 9.29. The molecule has 1 aromatic carbocycles. The van der Waals surface area contributed by atoms with E-state index in [2.05, 4.69) is 10.4 Å². The number of carbonyl (C=O) groups is 1. The lowest BCUT2D eigenvalue weighted by Gasteiger charge is -2.29. The second kappa shape index (κ2) is 6.74. The van der Waals surface area contributed by atoms with Gasteiger partial charge in [0, 0.05) is 37.1 Å². The fourth-order valence-corrected chi connectivity index (χ4v) is 3.72. The van der Waals surface area contributed by atoms with Gasteiger partial charge < -0.3 is 5.32 Å². The van der Waals surface area contributed by atoms with Crippen molar-refractivity contribution in [2.45, 2.75) is 12.8 Å². The molecule has 24 heavy (non-hydrogen) atoms. The first-order valence-electron chi connectivity index (χ1n) is 7.79. The first kappa shape index (κ1) is 16.7. The van der Waals surface area contributed by atoms with E-state index in [1.165, 1.54) is 10.6 Å². The van der Waals surface area contributed by atoms with Gasteiger partial charge in [0.2, 0.25) is 15.9 Å². The molecule has 0 atom stereocenters. The molecule has 2 aromatic rings. The van der Waals surface area contributed by atoms with Crippen LogP contribution in [0.15, 0.2) is 42.7 Å². The van der Waals surface area contributed by atoms with Crippen LogP contribution in [0.25, 0.3) is 5.69 Å². The van der Waals surface area contributed by atoms with Gasteiger partial charge in [-0.2, -0.15) is 5.10 Å². The van der Waals surface area contributed by atoms with Crippen LogP contribution >= 0.6 is 0 Å². The van der Waals surface area contributed by atoms with E-state index in [-0.39, 0.29) is 11.8 Å². The van der Waals surface area contributed by atoms with Gasteiger partial charge in [-0.1, -0.05) is 6.07 Å². The number of anilines is 1. The summed E-state index contributed by atoms with van der Waals surface area (Å²) < 4.78 is 26.2. The Morgan fingerprint density at radius 2 is 2.00 bits per heavy atom. The van der Waals surface area contributed by atoms with Crippen LogP contribution in [-0.4, -0.2) is 47.8 Å². The molecule has 8 heteroatoms. The van der Waals surface area contributed by atoms with Gasteiger partial charge in [-0.05, 0) is 37.1 Å². The molecule has 1 aliphatic heterocycles. The lowest BCUT2D eigenvalue weighted by Crippen LogP contribution is -2.40. The standard InChI is InChI=1S/C16H20N4O3S/c1-24(22,23)19-10-6-13(7-11-19)16(21)18-14-4-2-5-15(12-14)20-9-3-8-17-20/h2-5,8-9,12-13H,6-7,10-11H2,1H3,(H,18,21). The van der Waals surface area contributed by atoms with E-state index in [0.29, 0.717) is 31.6 Å². The van der Waals surface area contributed by atoms with E-state index >= 15 is 0 Å². The van der Waals surface area contributed by atoms with Gasteiger partial charge in [0.1, 0.15) is 0 Å². The summed E-state index contributed by atoms with van der Waals surface area (Å²) in [4.78, 5) is 12.4. The molecule has 1 aliphatic rings. The maximum Gasteiger partial charge on any atom is 0.227 e. The van der Waals surface area contributed by atoms with Crippen LogP contribution in [0.3, 0.4) is 0 Å². The molecule has 0 spiro atoms. The van der Waals surface area contributed by atoms with E-state index in [0.717, 1.165) is 5.69 Å². The Bertz CT molecular complexity index is 810. The number of nitrogens with one attached hydrogen (secondary N) is 1. The summed E-state index contributed by atoms with van der Waals surface area (Å²) >= 11 is 0. The fourth-order valence-electron chi connectivity index (χ4n) is 2.84. The van der Waals surface area contributed by atoms with E-state index in [9.17, 15) is 13.2 Å². The van der Waals surface area contributed by atoms with E-state index in [1.54, 1.807) is 10.9 Å². The van der Waals surface area contributed by atoms with Gasteiger partial charge >= 0.3 is 0 Å². The Morgan fingerprint density at radius 1 is 1.25 bits per heavy atom. The smallest absolute Gasteiger partial charge is 0.227 e. The number of rotatable bonds is 4. The summed E-state index contributed by atoms with van der Waals surface area (Å²) in [6.07, 6.45) is 5.81. The number of sulfonamides is 1. The number of carbonyl (C=O) groups excluding carboxylic acids is 1. The largest absolute Gasteiger partial charge is 0.326 e. The molecule has 128 valence electrons. The Kier molecular flexibility index (Phi) is 4.68. The second-order valence-electron chi connectivity index (χ2n) is 5.93. The molecular formula is C16H20N4O3S. The Morgan fingerprint density at radius 3 is 2.62 bits per heavy atom. The Labute approximate surface area is 141 Å². The van der Waals surface area contributed by atoms with E-state index in [4.69, 9.17) is 0 Å². The van der Waals surface area contributed by atoms with Crippen molar-refractivity contribution in [2.24, 2.45) is 5.92 Å². The van der Waals surface area contributed by atoms with Crippen molar-refractivity contribution >= 4 is 21.6 Å². The zero-order valence-electron chi connectivity index (χ0n) is 13.4. The minimum absolute atomic E-state index is 0.0687. The third kappa shape index (κ3) is 3.82. The lowest BCUT2D eigenvalue weighted by molar-refractivity contribution is -0.120. The molecule has 7 nitrogen and oxygen atoms in total. The van der Waals surface area contributed by atoms with Crippen molar-refractivity contribution in [1.82, 2.24) is 14.1 Å². The van der Waals surface area contributed by atoms with Crippen LogP contribution < -0.4 is 5.32 Å². The first-order valence-corrected chi connectivity index (χ1v) is 9.64. The highest BCUT2D eigenvalue weighted by atomic mass is 32.2. The molecule has 1 saturated heterocycles. The second-order valence-corrected chi connectivity index (χ2v) is 7.91. The summed E-state index contributed by atoms with van der Waals surface area (Å²) in [5.41, 5.74) is 1.57. The molecule has 0 saturated carbocycles. The number of aromatic nitrogens is 2. The van der Waals surface area contributed by atoms with Crippen molar-refractivity contribution in [3.05, 3.63) is 42.7 Å². The molecule has 0 aliphatic carbocycles. The number of hydrogen-bond acceptors (Lipinski definition) is 4. The van der Waals surface area contributed by atoms with Crippen LogP contribution in [0.2, 0.25) is 0 Å². The molecule has 1 aromatic heterocycles. The average Bonchev–Trinajstić information content (AvgIpc) is 3.09. The summed E-state index contributed by atoms with van der Waals surface area (Å²) in [6.45, 7) is 0.786. The van der Waals surface area contributed by atoms with Crippen LogP contribution in [0, 0.1) is 5.92 Å². The van der Waals surface area contributed by atoms with Gasteiger partial charge in [-0.15, -0.1) is 0 Å². The van der Waals surface area contributed by atoms with Gasteiger partial charge in [0.25, 0.3) is 0 Å². The van der Waals surface area contributed by atoms with Crippen LogP contribution in [0.1, 0.15) is 12.8 Å². The van der Waals surface area contributed by atoms with Gasteiger partial charge in [0.15, 0.2) is 0 Å².